The van der Waals surface area contributed by atoms with E-state index in [4.69, 9.17) is 14.2 Å². The Kier molecular flexibility index (Phi) is 5.49. The first-order valence-corrected chi connectivity index (χ1v) is 9.73. The largest absolute Gasteiger partial charge is 0.466 e. The van der Waals surface area contributed by atoms with E-state index >= 15 is 0 Å². The quantitative estimate of drug-likeness (QED) is 0.693. The Labute approximate surface area is 156 Å². The number of benzene rings is 1. The highest BCUT2D eigenvalue weighted by atomic mass is 32.2. The average molecular weight is 396 g/mol. The summed E-state index contributed by atoms with van der Waals surface area (Å²) in [5.74, 6) is -1.47. The maximum absolute atomic E-state index is 12.5. The monoisotopic (exact) mass is 396 g/mol. The molecule has 1 aliphatic carbocycles. The second-order valence-electron chi connectivity index (χ2n) is 6.11. The fraction of sp³-hybridized carbons (Fsp3) is 0.412. The summed E-state index contributed by atoms with van der Waals surface area (Å²) in [5, 5.41) is 0. The molecule has 0 radical (unpaired) electrons. The van der Waals surface area contributed by atoms with Gasteiger partial charge in [0.1, 0.15) is 12.4 Å². The van der Waals surface area contributed by atoms with Gasteiger partial charge in [-0.3, -0.25) is 0 Å². The predicted octanol–water partition coefficient (Wildman–Crippen LogP) is 0.521. The molecular weight excluding hydrogens is 376 g/mol. The van der Waals surface area contributed by atoms with Crippen LogP contribution in [0, 0.1) is 0 Å². The Morgan fingerprint density at radius 2 is 1.89 bits per heavy atom. The molecule has 0 unspecified atom stereocenters. The second-order valence-corrected chi connectivity index (χ2v) is 7.82. The van der Waals surface area contributed by atoms with Crippen molar-refractivity contribution < 1.29 is 32.2 Å². The van der Waals surface area contributed by atoms with Crippen LogP contribution >= 0.6 is 0 Å². The van der Waals surface area contributed by atoms with E-state index in [-0.39, 0.29) is 35.5 Å². The van der Waals surface area contributed by atoms with Gasteiger partial charge in [0, 0.05) is 11.7 Å². The van der Waals surface area contributed by atoms with Crippen LogP contribution in [-0.2, 0) is 33.8 Å². The summed E-state index contributed by atoms with van der Waals surface area (Å²) >= 11 is 0. The van der Waals surface area contributed by atoms with Gasteiger partial charge in [-0.05, 0) is 31.0 Å². The summed E-state index contributed by atoms with van der Waals surface area (Å²) in [7, 11) is -1.29. The topological polar surface area (TPSA) is 111 Å². The number of ether oxygens (including phenoxy) is 3. The van der Waals surface area contributed by atoms with E-state index in [9.17, 15) is 18.0 Å². The van der Waals surface area contributed by atoms with Gasteiger partial charge < -0.3 is 19.1 Å². The van der Waals surface area contributed by atoms with Gasteiger partial charge in [-0.25, -0.2) is 22.7 Å². The van der Waals surface area contributed by atoms with Crippen LogP contribution in [-0.4, -0.2) is 54.0 Å². The zero-order valence-electron chi connectivity index (χ0n) is 14.9. The minimum atomic E-state index is -3.68. The van der Waals surface area contributed by atoms with Crippen molar-refractivity contribution in [2.45, 2.75) is 23.8 Å². The van der Waals surface area contributed by atoms with Gasteiger partial charge in [0.25, 0.3) is 0 Å². The Balaban J connectivity index is 2.02. The minimum Gasteiger partial charge on any atom is -0.466 e. The molecule has 1 saturated carbocycles. The van der Waals surface area contributed by atoms with Crippen LogP contribution in [0.4, 0.5) is 5.69 Å². The van der Waals surface area contributed by atoms with Crippen LogP contribution in [0.15, 0.2) is 40.4 Å². The Hall–Kier alpha value is -2.43. The normalized spacial score (nSPS) is 17.6. The van der Waals surface area contributed by atoms with Gasteiger partial charge in [0.2, 0.25) is 10.0 Å². The maximum Gasteiger partial charge on any atom is 0.355 e. The molecule has 9 nitrogen and oxygen atoms in total. The van der Waals surface area contributed by atoms with Crippen molar-refractivity contribution in [3.63, 3.8) is 0 Å². The van der Waals surface area contributed by atoms with Crippen LogP contribution < -0.4 is 9.62 Å². The lowest BCUT2D eigenvalue weighted by Gasteiger charge is -2.31. The summed E-state index contributed by atoms with van der Waals surface area (Å²) in [4.78, 5) is 25.8. The molecule has 1 aromatic rings. The highest BCUT2D eigenvalue weighted by Gasteiger charge is 2.33. The summed E-state index contributed by atoms with van der Waals surface area (Å²) in [5.41, 5.74) is 0.329. The number of carbonyl (C=O) groups is 2. The van der Waals surface area contributed by atoms with Crippen molar-refractivity contribution in [2.24, 2.45) is 0 Å². The number of rotatable bonds is 6. The van der Waals surface area contributed by atoms with Gasteiger partial charge in [-0.2, -0.15) is 0 Å². The summed E-state index contributed by atoms with van der Waals surface area (Å²) in [6.07, 6.45) is 1.63. The first-order chi connectivity index (χ1) is 12.9. The van der Waals surface area contributed by atoms with E-state index in [2.05, 4.69) is 4.72 Å². The predicted molar refractivity (Wildman–Crippen MR) is 94.1 cm³/mol. The van der Waals surface area contributed by atoms with E-state index < -0.39 is 22.0 Å². The summed E-state index contributed by atoms with van der Waals surface area (Å²) < 4.78 is 42.4. The molecule has 2 aliphatic rings. The fourth-order valence-corrected chi connectivity index (χ4v) is 4.00. The minimum absolute atomic E-state index is 0.0000318. The molecule has 1 aromatic carbocycles. The number of nitrogens with zero attached hydrogens (tertiary/aromatic N) is 1. The highest BCUT2D eigenvalue weighted by molar-refractivity contribution is 7.89. The summed E-state index contributed by atoms with van der Waals surface area (Å²) in [6.45, 7) is -0.167. The molecular formula is C17H20N2O7S. The number of sulfonamides is 1. The van der Waals surface area contributed by atoms with Crippen molar-refractivity contribution in [3.05, 3.63) is 35.5 Å². The van der Waals surface area contributed by atoms with Crippen LogP contribution in [0.25, 0.3) is 0 Å². The number of hydrogen-bond donors (Lipinski definition) is 1. The highest BCUT2D eigenvalue weighted by Crippen LogP contribution is 2.29. The molecule has 146 valence electrons. The molecule has 0 amide bonds. The van der Waals surface area contributed by atoms with E-state index in [0.717, 1.165) is 12.8 Å². The van der Waals surface area contributed by atoms with Crippen molar-refractivity contribution in [3.8, 4) is 0 Å². The third kappa shape index (κ3) is 4.12. The first-order valence-electron chi connectivity index (χ1n) is 8.25. The molecule has 1 fully saturated rings. The Morgan fingerprint density at radius 3 is 2.52 bits per heavy atom. The van der Waals surface area contributed by atoms with E-state index in [1.807, 2.05) is 0 Å². The van der Waals surface area contributed by atoms with Gasteiger partial charge in [-0.15, -0.1) is 0 Å². The molecule has 3 rings (SSSR count). The van der Waals surface area contributed by atoms with E-state index in [1.54, 1.807) is 12.1 Å². The van der Waals surface area contributed by atoms with Crippen molar-refractivity contribution >= 4 is 27.6 Å². The molecule has 1 heterocycles. The third-order valence-corrected chi connectivity index (χ3v) is 5.69. The van der Waals surface area contributed by atoms with Gasteiger partial charge in [0.15, 0.2) is 0 Å². The van der Waals surface area contributed by atoms with Crippen LogP contribution in [0.5, 0.6) is 0 Å². The maximum atomic E-state index is 12.5. The zero-order chi connectivity index (χ0) is 19.6. The zero-order valence-corrected chi connectivity index (χ0v) is 15.7. The third-order valence-electron chi connectivity index (χ3n) is 4.17. The lowest BCUT2D eigenvalue weighted by atomic mass is 10.1. The van der Waals surface area contributed by atoms with Crippen LogP contribution in [0.2, 0.25) is 0 Å². The Bertz CT molecular complexity index is 890. The molecule has 0 bridgehead atoms. The number of nitrogens with one attached hydrogen (secondary N) is 1. The lowest BCUT2D eigenvalue weighted by molar-refractivity contribution is -0.140. The number of carbonyl (C=O) groups excluding carboxylic acids is 2. The van der Waals surface area contributed by atoms with Gasteiger partial charge in [-0.1, -0.05) is 6.07 Å². The molecule has 0 spiro atoms. The standard InChI is InChI=1S/C17H20N2O7S/c1-24-16(20)14-9-26-10-19(15(14)17(21)25-2)12-4-3-5-13(8-12)27(22,23)18-11-6-7-11/h3-5,8,11,18H,6-7,9-10H2,1-2H3. The van der Waals surface area contributed by atoms with Crippen molar-refractivity contribution in [2.75, 3.05) is 32.5 Å². The van der Waals surface area contributed by atoms with Crippen molar-refractivity contribution in [1.82, 2.24) is 4.72 Å². The van der Waals surface area contributed by atoms with E-state index in [1.165, 1.54) is 31.3 Å². The van der Waals surface area contributed by atoms with E-state index in [0.29, 0.717) is 5.69 Å². The SMILES string of the molecule is COC(=O)C1=C(C(=O)OC)N(c2cccc(S(=O)(=O)NC3CC3)c2)COC1. The van der Waals surface area contributed by atoms with Crippen LogP contribution in [0.1, 0.15) is 12.8 Å². The average Bonchev–Trinajstić information content (AvgIpc) is 3.49. The molecule has 1 N–H and O–H groups in total. The number of methoxy groups -OCH3 is 2. The molecule has 27 heavy (non-hydrogen) atoms. The van der Waals surface area contributed by atoms with Gasteiger partial charge >= 0.3 is 11.9 Å². The Morgan fingerprint density at radius 1 is 1.19 bits per heavy atom. The van der Waals surface area contributed by atoms with Gasteiger partial charge in [0.05, 0.1) is 31.3 Å². The molecule has 0 aromatic heterocycles. The second kappa shape index (κ2) is 7.67. The molecule has 0 saturated heterocycles. The fourth-order valence-electron chi connectivity index (χ4n) is 2.65. The lowest BCUT2D eigenvalue weighted by Crippen LogP contribution is -2.39. The molecule has 1 aliphatic heterocycles. The summed E-state index contributed by atoms with van der Waals surface area (Å²) in [6, 6.07) is 6.01. The smallest absolute Gasteiger partial charge is 0.355 e. The number of anilines is 1. The van der Waals surface area contributed by atoms with Crippen LogP contribution in [0.3, 0.4) is 0 Å². The molecule has 0 atom stereocenters. The number of hydrogen-bond acceptors (Lipinski definition) is 8. The van der Waals surface area contributed by atoms with Crippen molar-refractivity contribution in [1.29, 1.82) is 0 Å². The molecule has 10 heteroatoms. The number of esters is 2. The first kappa shape index (κ1) is 19.3.